The lowest BCUT2D eigenvalue weighted by atomic mass is 10.2. The minimum atomic E-state index is 0.347. The molecule has 3 aromatic rings. The lowest BCUT2D eigenvalue weighted by Crippen LogP contribution is -2.12. The van der Waals surface area contributed by atoms with Gasteiger partial charge in [0.05, 0.1) is 11.2 Å². The molecule has 0 aliphatic heterocycles. The Hall–Kier alpha value is -2.85. The van der Waals surface area contributed by atoms with Crippen molar-refractivity contribution in [3.8, 4) is 11.3 Å². The molecule has 0 unspecified atom stereocenters. The van der Waals surface area contributed by atoms with E-state index in [1.165, 1.54) is 6.21 Å². The van der Waals surface area contributed by atoms with E-state index in [4.69, 9.17) is 21.8 Å². The fourth-order valence-corrected chi connectivity index (χ4v) is 2.27. The van der Waals surface area contributed by atoms with Gasteiger partial charge >= 0.3 is 0 Å². The normalized spacial score (nSPS) is 12.0. The molecular weight excluding hydrogens is 310 g/mol. The summed E-state index contributed by atoms with van der Waals surface area (Å²) in [5.41, 5.74) is 7.52. The average Bonchev–Trinajstić information content (AvgIpc) is 3.04. The fourth-order valence-electron chi connectivity index (χ4n) is 2.04. The summed E-state index contributed by atoms with van der Waals surface area (Å²) < 4.78 is 5.69. The van der Waals surface area contributed by atoms with E-state index in [9.17, 15) is 0 Å². The summed E-state index contributed by atoms with van der Waals surface area (Å²) in [5, 5.41) is 8.56. The Bertz CT molecular complexity index is 853. The van der Waals surface area contributed by atoms with Crippen molar-refractivity contribution < 1.29 is 4.42 Å². The first kappa shape index (κ1) is 15.1. The SMILES string of the molecule is NC(=NN=Cc1ccc(-c2ccccc2Cl)o1)c1ccccc1. The molecule has 114 valence electrons. The smallest absolute Gasteiger partial charge is 0.153 e. The molecule has 0 aliphatic rings. The third-order valence-electron chi connectivity index (χ3n) is 3.19. The Morgan fingerprint density at radius 3 is 2.48 bits per heavy atom. The highest BCUT2D eigenvalue weighted by Gasteiger charge is 2.06. The monoisotopic (exact) mass is 323 g/mol. The molecule has 0 saturated carbocycles. The Balaban J connectivity index is 1.76. The van der Waals surface area contributed by atoms with Crippen LogP contribution in [0.5, 0.6) is 0 Å². The van der Waals surface area contributed by atoms with Gasteiger partial charge in [0.1, 0.15) is 11.5 Å². The minimum Gasteiger partial charge on any atom is -0.455 e. The van der Waals surface area contributed by atoms with Gasteiger partial charge in [-0.1, -0.05) is 54.1 Å². The molecule has 0 aliphatic carbocycles. The molecule has 2 aromatic carbocycles. The van der Waals surface area contributed by atoms with Gasteiger partial charge in [-0.25, -0.2) is 0 Å². The van der Waals surface area contributed by atoms with E-state index < -0.39 is 0 Å². The molecule has 0 atom stereocenters. The van der Waals surface area contributed by atoms with Crippen molar-refractivity contribution in [1.29, 1.82) is 0 Å². The van der Waals surface area contributed by atoms with Crippen molar-refractivity contribution in [3.05, 3.63) is 83.1 Å². The highest BCUT2D eigenvalue weighted by molar-refractivity contribution is 6.33. The van der Waals surface area contributed by atoms with Crippen LogP contribution in [0.3, 0.4) is 0 Å². The van der Waals surface area contributed by atoms with Crippen molar-refractivity contribution in [2.24, 2.45) is 15.9 Å². The molecule has 4 nitrogen and oxygen atoms in total. The van der Waals surface area contributed by atoms with Gasteiger partial charge in [0, 0.05) is 11.1 Å². The Labute approximate surface area is 138 Å². The molecule has 0 radical (unpaired) electrons. The predicted molar refractivity (Wildman–Crippen MR) is 93.9 cm³/mol. The molecular formula is C18H14ClN3O. The van der Waals surface area contributed by atoms with Crippen LogP contribution in [0.4, 0.5) is 0 Å². The number of hydrogen-bond donors (Lipinski definition) is 1. The number of furan rings is 1. The second-order valence-corrected chi connectivity index (χ2v) is 5.18. The van der Waals surface area contributed by atoms with Crippen molar-refractivity contribution in [2.75, 3.05) is 0 Å². The summed E-state index contributed by atoms with van der Waals surface area (Å²) in [6.45, 7) is 0. The van der Waals surface area contributed by atoms with Crippen molar-refractivity contribution >= 4 is 23.7 Å². The van der Waals surface area contributed by atoms with E-state index >= 15 is 0 Å². The van der Waals surface area contributed by atoms with E-state index in [1.54, 1.807) is 6.07 Å². The van der Waals surface area contributed by atoms with E-state index in [1.807, 2.05) is 60.7 Å². The zero-order valence-corrected chi connectivity index (χ0v) is 12.9. The van der Waals surface area contributed by atoms with Crippen LogP contribution in [0.15, 0.2) is 81.4 Å². The summed E-state index contributed by atoms with van der Waals surface area (Å²) in [6, 6.07) is 20.6. The molecule has 2 N–H and O–H groups in total. The Morgan fingerprint density at radius 2 is 1.70 bits per heavy atom. The zero-order chi connectivity index (χ0) is 16.1. The van der Waals surface area contributed by atoms with Crippen molar-refractivity contribution in [1.82, 2.24) is 0 Å². The van der Waals surface area contributed by atoms with Crippen LogP contribution in [0.2, 0.25) is 5.02 Å². The number of nitrogens with zero attached hydrogens (tertiary/aromatic N) is 2. The lowest BCUT2D eigenvalue weighted by molar-refractivity contribution is 0.575. The zero-order valence-electron chi connectivity index (χ0n) is 12.2. The van der Waals surface area contributed by atoms with Gasteiger partial charge in [0.2, 0.25) is 0 Å². The Kier molecular flexibility index (Phi) is 4.54. The lowest BCUT2D eigenvalue weighted by Gasteiger charge is -1.98. The average molecular weight is 324 g/mol. The number of hydrogen-bond acceptors (Lipinski definition) is 3. The number of nitrogens with two attached hydrogens (primary N) is 1. The largest absolute Gasteiger partial charge is 0.455 e. The third-order valence-corrected chi connectivity index (χ3v) is 3.52. The number of benzene rings is 2. The number of rotatable bonds is 4. The molecule has 0 bridgehead atoms. The predicted octanol–water partition coefficient (Wildman–Crippen LogP) is 4.34. The van der Waals surface area contributed by atoms with Gasteiger partial charge < -0.3 is 10.2 Å². The topological polar surface area (TPSA) is 63.9 Å². The first-order valence-corrected chi connectivity index (χ1v) is 7.38. The van der Waals surface area contributed by atoms with Gasteiger partial charge in [0.25, 0.3) is 0 Å². The summed E-state index contributed by atoms with van der Waals surface area (Å²) >= 11 is 6.15. The molecule has 23 heavy (non-hydrogen) atoms. The van der Waals surface area contributed by atoms with Gasteiger partial charge in [-0.05, 0) is 24.3 Å². The first-order valence-electron chi connectivity index (χ1n) is 7.01. The van der Waals surface area contributed by atoms with Gasteiger partial charge in [0.15, 0.2) is 5.84 Å². The van der Waals surface area contributed by atoms with E-state index in [0.717, 1.165) is 11.1 Å². The molecule has 1 heterocycles. The maximum absolute atomic E-state index is 6.15. The third kappa shape index (κ3) is 3.67. The molecule has 3 rings (SSSR count). The van der Waals surface area contributed by atoms with Crippen LogP contribution in [0.1, 0.15) is 11.3 Å². The van der Waals surface area contributed by atoms with Gasteiger partial charge in [-0.15, -0.1) is 5.10 Å². The second kappa shape index (κ2) is 6.94. The Morgan fingerprint density at radius 1 is 0.957 bits per heavy atom. The van der Waals surface area contributed by atoms with Crippen LogP contribution in [0, 0.1) is 0 Å². The highest BCUT2D eigenvalue weighted by Crippen LogP contribution is 2.28. The van der Waals surface area contributed by atoms with E-state index in [-0.39, 0.29) is 0 Å². The van der Waals surface area contributed by atoms with Crippen LogP contribution in [0.25, 0.3) is 11.3 Å². The highest BCUT2D eigenvalue weighted by atomic mass is 35.5. The summed E-state index contributed by atoms with van der Waals surface area (Å²) in [7, 11) is 0. The maximum atomic E-state index is 6.15. The standard InChI is InChI=1S/C18H14ClN3O/c19-16-9-5-4-8-15(16)17-11-10-14(23-17)12-21-22-18(20)13-6-2-1-3-7-13/h1-12H,(H2,20,22). The molecule has 0 saturated heterocycles. The van der Waals surface area contributed by atoms with Crippen LogP contribution < -0.4 is 5.73 Å². The van der Waals surface area contributed by atoms with Crippen LogP contribution in [-0.2, 0) is 0 Å². The van der Waals surface area contributed by atoms with Crippen LogP contribution in [-0.4, -0.2) is 12.1 Å². The molecule has 0 amide bonds. The first-order chi connectivity index (χ1) is 11.2. The summed E-state index contributed by atoms with van der Waals surface area (Å²) in [4.78, 5) is 0. The second-order valence-electron chi connectivity index (χ2n) is 4.78. The van der Waals surface area contributed by atoms with Crippen molar-refractivity contribution in [3.63, 3.8) is 0 Å². The van der Waals surface area contributed by atoms with Gasteiger partial charge in [-0.3, -0.25) is 0 Å². The summed E-state index contributed by atoms with van der Waals surface area (Å²) in [6.07, 6.45) is 1.51. The van der Waals surface area contributed by atoms with E-state index in [2.05, 4.69) is 10.2 Å². The van der Waals surface area contributed by atoms with Gasteiger partial charge in [-0.2, -0.15) is 5.10 Å². The summed E-state index contributed by atoms with van der Waals surface area (Å²) in [5.74, 6) is 1.60. The molecule has 0 spiro atoms. The molecule has 5 heteroatoms. The minimum absolute atomic E-state index is 0.347. The van der Waals surface area contributed by atoms with Crippen molar-refractivity contribution in [2.45, 2.75) is 0 Å². The quantitative estimate of drug-likeness (QED) is 0.441. The molecule has 0 fully saturated rings. The maximum Gasteiger partial charge on any atom is 0.153 e. The van der Waals surface area contributed by atoms with Crippen LogP contribution >= 0.6 is 11.6 Å². The fraction of sp³-hybridized carbons (Fsp3) is 0. The number of amidine groups is 1. The van der Waals surface area contributed by atoms with E-state index in [0.29, 0.717) is 22.4 Å². The molecule has 1 aromatic heterocycles. The number of halogens is 1.